The van der Waals surface area contributed by atoms with Gasteiger partial charge in [0.25, 0.3) is 0 Å². The van der Waals surface area contributed by atoms with Gasteiger partial charge < -0.3 is 0 Å². The molecule has 0 aromatic heterocycles. The summed E-state index contributed by atoms with van der Waals surface area (Å²) < 4.78 is 0. The van der Waals surface area contributed by atoms with Crippen molar-refractivity contribution in [3.8, 4) is 11.1 Å². The summed E-state index contributed by atoms with van der Waals surface area (Å²) in [5, 5.41) is 0.815. The van der Waals surface area contributed by atoms with Crippen molar-refractivity contribution in [2.24, 2.45) is 0 Å². The molecule has 0 atom stereocenters. The molecule has 2 rings (SSSR count). The summed E-state index contributed by atoms with van der Waals surface area (Å²) in [6, 6.07) is 17.4. The summed E-state index contributed by atoms with van der Waals surface area (Å²) in [5.74, 6) is 0. The fourth-order valence-corrected chi connectivity index (χ4v) is 2.48. The Morgan fingerprint density at radius 3 is 2.24 bits per heavy atom. The SMILES string of the molecule is CC(C)(C)c1c(-c2ccccc2)[c]ccc1Cl. The van der Waals surface area contributed by atoms with E-state index in [0.29, 0.717) is 0 Å². The first-order valence-corrected chi connectivity index (χ1v) is 6.14. The van der Waals surface area contributed by atoms with Gasteiger partial charge in [-0.05, 0) is 34.2 Å². The molecular weight excluding hydrogens is 228 g/mol. The molecule has 0 heterocycles. The molecule has 0 saturated heterocycles. The molecule has 0 fully saturated rings. The van der Waals surface area contributed by atoms with Crippen LogP contribution in [0.2, 0.25) is 5.02 Å². The molecule has 2 aromatic carbocycles. The van der Waals surface area contributed by atoms with E-state index in [2.05, 4.69) is 39.0 Å². The predicted octanol–water partition coefficient (Wildman–Crippen LogP) is 5.10. The fourth-order valence-electron chi connectivity index (χ4n) is 2.04. The van der Waals surface area contributed by atoms with Crippen molar-refractivity contribution in [1.82, 2.24) is 0 Å². The van der Waals surface area contributed by atoms with Gasteiger partial charge in [0, 0.05) is 5.02 Å². The maximum absolute atomic E-state index is 6.34. The maximum atomic E-state index is 6.34. The van der Waals surface area contributed by atoms with Gasteiger partial charge in [-0.1, -0.05) is 68.8 Å². The fraction of sp³-hybridized carbons (Fsp3) is 0.250. The average Bonchev–Trinajstić information content (AvgIpc) is 2.28. The van der Waals surface area contributed by atoms with Gasteiger partial charge in [-0.25, -0.2) is 0 Å². The second kappa shape index (κ2) is 4.54. The van der Waals surface area contributed by atoms with Gasteiger partial charge in [0.15, 0.2) is 0 Å². The Balaban J connectivity index is 2.67. The van der Waals surface area contributed by atoms with Gasteiger partial charge in [0.2, 0.25) is 0 Å². The summed E-state index contributed by atoms with van der Waals surface area (Å²) in [5.41, 5.74) is 3.44. The van der Waals surface area contributed by atoms with Crippen molar-refractivity contribution in [2.75, 3.05) is 0 Å². The summed E-state index contributed by atoms with van der Waals surface area (Å²) in [7, 11) is 0. The summed E-state index contributed by atoms with van der Waals surface area (Å²) in [6.45, 7) is 6.53. The minimum Gasteiger partial charge on any atom is -0.0840 e. The van der Waals surface area contributed by atoms with Crippen LogP contribution < -0.4 is 0 Å². The molecule has 0 saturated carbocycles. The Bertz CT molecular complexity index is 507. The van der Waals surface area contributed by atoms with Crippen molar-refractivity contribution >= 4 is 11.6 Å². The van der Waals surface area contributed by atoms with E-state index in [1.54, 1.807) is 0 Å². The third-order valence-corrected chi connectivity index (χ3v) is 3.07. The molecule has 0 nitrogen and oxygen atoms in total. The van der Waals surface area contributed by atoms with Crippen LogP contribution in [0.4, 0.5) is 0 Å². The van der Waals surface area contributed by atoms with Crippen LogP contribution in [0.5, 0.6) is 0 Å². The summed E-state index contributed by atoms with van der Waals surface area (Å²) >= 11 is 6.34. The summed E-state index contributed by atoms with van der Waals surface area (Å²) in [6.07, 6.45) is 0. The van der Waals surface area contributed by atoms with E-state index in [0.717, 1.165) is 16.1 Å². The number of rotatable bonds is 1. The number of benzene rings is 2. The van der Waals surface area contributed by atoms with Crippen molar-refractivity contribution in [3.63, 3.8) is 0 Å². The highest BCUT2D eigenvalue weighted by Crippen LogP contribution is 2.37. The monoisotopic (exact) mass is 243 g/mol. The first-order valence-electron chi connectivity index (χ1n) is 5.76. The number of hydrogen-bond donors (Lipinski definition) is 0. The zero-order valence-electron chi connectivity index (χ0n) is 10.4. The van der Waals surface area contributed by atoms with Crippen LogP contribution in [-0.4, -0.2) is 0 Å². The molecule has 0 amide bonds. The zero-order valence-corrected chi connectivity index (χ0v) is 11.2. The second-order valence-corrected chi connectivity index (χ2v) is 5.60. The standard InChI is InChI=1S/C16H16Cl/c1-16(2,3)15-13(10-7-11-14(15)17)12-8-5-4-6-9-12/h4-9,11H,1-3H3. The van der Waals surface area contributed by atoms with Crippen LogP contribution in [0.25, 0.3) is 11.1 Å². The van der Waals surface area contributed by atoms with E-state index in [4.69, 9.17) is 11.6 Å². The normalized spacial score (nSPS) is 11.5. The van der Waals surface area contributed by atoms with Crippen LogP contribution in [0.3, 0.4) is 0 Å². The first-order chi connectivity index (χ1) is 8.00. The van der Waals surface area contributed by atoms with Crippen molar-refractivity contribution in [1.29, 1.82) is 0 Å². The lowest BCUT2D eigenvalue weighted by molar-refractivity contribution is 0.592. The highest BCUT2D eigenvalue weighted by molar-refractivity contribution is 6.31. The van der Waals surface area contributed by atoms with E-state index in [-0.39, 0.29) is 5.41 Å². The average molecular weight is 244 g/mol. The van der Waals surface area contributed by atoms with Gasteiger partial charge >= 0.3 is 0 Å². The van der Waals surface area contributed by atoms with Gasteiger partial charge in [0.1, 0.15) is 0 Å². The van der Waals surface area contributed by atoms with E-state index >= 15 is 0 Å². The lowest BCUT2D eigenvalue weighted by Crippen LogP contribution is -2.13. The van der Waals surface area contributed by atoms with E-state index in [1.807, 2.05) is 30.3 Å². The smallest absolute Gasteiger partial charge is 0.0449 e. The zero-order chi connectivity index (χ0) is 12.5. The highest BCUT2D eigenvalue weighted by atomic mass is 35.5. The van der Waals surface area contributed by atoms with Crippen molar-refractivity contribution in [2.45, 2.75) is 26.2 Å². The molecule has 0 unspecified atom stereocenters. The molecular formula is C16H16Cl. The molecule has 1 heteroatoms. The molecule has 1 radical (unpaired) electrons. The molecule has 87 valence electrons. The van der Waals surface area contributed by atoms with Crippen molar-refractivity contribution in [3.05, 3.63) is 59.1 Å². The second-order valence-electron chi connectivity index (χ2n) is 5.19. The van der Waals surface area contributed by atoms with Gasteiger partial charge in [0.05, 0.1) is 0 Å². The molecule has 0 spiro atoms. The Hall–Kier alpha value is -1.27. The number of hydrogen-bond acceptors (Lipinski definition) is 0. The van der Waals surface area contributed by atoms with Gasteiger partial charge in [-0.15, -0.1) is 0 Å². The topological polar surface area (TPSA) is 0 Å². The Kier molecular flexibility index (Phi) is 3.26. The van der Waals surface area contributed by atoms with Gasteiger partial charge in [-0.2, -0.15) is 0 Å². The lowest BCUT2D eigenvalue weighted by Gasteiger charge is -2.24. The molecule has 0 aliphatic rings. The van der Waals surface area contributed by atoms with E-state index < -0.39 is 0 Å². The molecule has 17 heavy (non-hydrogen) atoms. The molecule has 0 aliphatic carbocycles. The Labute approximate surface area is 108 Å². The Morgan fingerprint density at radius 2 is 1.65 bits per heavy atom. The molecule has 0 bridgehead atoms. The van der Waals surface area contributed by atoms with Crippen LogP contribution in [0.15, 0.2) is 42.5 Å². The quantitative estimate of drug-likeness (QED) is 0.653. The highest BCUT2D eigenvalue weighted by Gasteiger charge is 2.21. The number of halogens is 1. The third-order valence-electron chi connectivity index (χ3n) is 2.76. The van der Waals surface area contributed by atoms with Gasteiger partial charge in [-0.3, -0.25) is 0 Å². The molecule has 0 aliphatic heterocycles. The Morgan fingerprint density at radius 1 is 1.00 bits per heavy atom. The van der Waals surface area contributed by atoms with Crippen LogP contribution >= 0.6 is 11.6 Å². The van der Waals surface area contributed by atoms with E-state index in [1.165, 1.54) is 5.56 Å². The van der Waals surface area contributed by atoms with Crippen LogP contribution in [-0.2, 0) is 5.41 Å². The van der Waals surface area contributed by atoms with Crippen LogP contribution in [0.1, 0.15) is 26.3 Å². The van der Waals surface area contributed by atoms with Crippen LogP contribution in [0, 0.1) is 6.07 Å². The van der Waals surface area contributed by atoms with E-state index in [9.17, 15) is 0 Å². The minimum atomic E-state index is 0.0139. The first kappa shape index (κ1) is 12.2. The largest absolute Gasteiger partial charge is 0.0840 e. The predicted molar refractivity (Wildman–Crippen MR) is 74.4 cm³/mol. The van der Waals surface area contributed by atoms with Crippen molar-refractivity contribution < 1.29 is 0 Å². The molecule has 2 aromatic rings. The maximum Gasteiger partial charge on any atom is 0.0449 e. The minimum absolute atomic E-state index is 0.0139. The third kappa shape index (κ3) is 2.53. The lowest BCUT2D eigenvalue weighted by atomic mass is 9.82. The summed E-state index contributed by atoms with van der Waals surface area (Å²) in [4.78, 5) is 0. The molecule has 0 N–H and O–H groups in total.